The zero-order valence-electron chi connectivity index (χ0n) is 15.8. The second-order valence-corrected chi connectivity index (χ2v) is 14.1. The van der Waals surface area contributed by atoms with Gasteiger partial charge in [-0.15, -0.1) is 0 Å². The number of rotatable bonds is 10. The SMILES string of the molecule is O=S(CCP(=S)(CCc1ccccn1)CCc1ccccn1)c1ccccc1. The van der Waals surface area contributed by atoms with Crippen molar-refractivity contribution in [1.29, 1.82) is 0 Å². The first-order chi connectivity index (χ1) is 13.6. The van der Waals surface area contributed by atoms with Crippen molar-refractivity contribution in [2.75, 3.05) is 24.2 Å². The van der Waals surface area contributed by atoms with E-state index < -0.39 is 16.8 Å². The summed E-state index contributed by atoms with van der Waals surface area (Å²) in [5.74, 6) is 0.631. The van der Waals surface area contributed by atoms with Gasteiger partial charge in [0.2, 0.25) is 0 Å². The van der Waals surface area contributed by atoms with Crippen LogP contribution in [0.25, 0.3) is 0 Å². The van der Waals surface area contributed by atoms with Gasteiger partial charge in [0, 0.05) is 34.4 Å². The number of pyridine rings is 2. The lowest BCUT2D eigenvalue weighted by Gasteiger charge is -2.22. The van der Waals surface area contributed by atoms with E-state index in [4.69, 9.17) is 11.8 Å². The molecule has 3 rings (SSSR count). The second kappa shape index (κ2) is 10.8. The molecule has 2 heterocycles. The van der Waals surface area contributed by atoms with Crippen LogP contribution in [0.4, 0.5) is 0 Å². The Hall–Kier alpha value is -1.68. The Morgan fingerprint density at radius 2 is 1.29 bits per heavy atom. The molecule has 0 saturated carbocycles. The van der Waals surface area contributed by atoms with Crippen LogP contribution in [0.15, 0.2) is 84.0 Å². The van der Waals surface area contributed by atoms with E-state index in [0.717, 1.165) is 47.6 Å². The molecule has 0 bridgehead atoms. The maximum atomic E-state index is 12.7. The fourth-order valence-electron chi connectivity index (χ4n) is 3.00. The minimum atomic E-state index is -1.66. The highest BCUT2D eigenvalue weighted by Gasteiger charge is 2.19. The van der Waals surface area contributed by atoms with Crippen molar-refractivity contribution in [2.45, 2.75) is 17.7 Å². The van der Waals surface area contributed by atoms with Crippen LogP contribution in [0.3, 0.4) is 0 Å². The molecule has 0 fully saturated rings. The Bertz CT molecular complexity index is 874. The summed E-state index contributed by atoms with van der Waals surface area (Å²) >= 11 is 6.19. The van der Waals surface area contributed by atoms with E-state index in [1.807, 2.05) is 67.0 Å². The van der Waals surface area contributed by atoms with E-state index in [0.29, 0.717) is 5.75 Å². The molecule has 28 heavy (non-hydrogen) atoms. The van der Waals surface area contributed by atoms with Gasteiger partial charge in [-0.2, -0.15) is 0 Å². The van der Waals surface area contributed by atoms with E-state index in [-0.39, 0.29) is 0 Å². The second-order valence-electron chi connectivity index (χ2n) is 6.73. The van der Waals surface area contributed by atoms with Gasteiger partial charge in [0.15, 0.2) is 0 Å². The fourth-order valence-corrected chi connectivity index (χ4v) is 8.86. The van der Waals surface area contributed by atoms with Gasteiger partial charge in [-0.1, -0.05) is 42.1 Å². The average molecular weight is 429 g/mol. The van der Waals surface area contributed by atoms with Crippen molar-refractivity contribution >= 4 is 28.6 Å². The Morgan fingerprint density at radius 3 is 1.79 bits per heavy atom. The molecule has 1 aromatic carbocycles. The van der Waals surface area contributed by atoms with E-state index in [1.165, 1.54) is 0 Å². The van der Waals surface area contributed by atoms with Gasteiger partial charge < -0.3 is 0 Å². The minimum Gasteiger partial charge on any atom is -0.261 e. The Labute approximate surface area is 175 Å². The van der Waals surface area contributed by atoms with Gasteiger partial charge in [-0.05, 0) is 73.8 Å². The van der Waals surface area contributed by atoms with Crippen molar-refractivity contribution in [3.63, 3.8) is 0 Å². The molecule has 1 atom stereocenters. The third kappa shape index (κ3) is 6.73. The molecule has 146 valence electrons. The number of benzene rings is 1. The largest absolute Gasteiger partial charge is 0.261 e. The molecular weight excluding hydrogens is 403 g/mol. The van der Waals surface area contributed by atoms with Crippen LogP contribution in [-0.4, -0.2) is 38.4 Å². The summed E-state index contributed by atoms with van der Waals surface area (Å²) in [4.78, 5) is 9.77. The van der Waals surface area contributed by atoms with Crippen molar-refractivity contribution in [2.24, 2.45) is 0 Å². The molecule has 0 amide bonds. The van der Waals surface area contributed by atoms with E-state index in [1.54, 1.807) is 0 Å². The summed E-state index contributed by atoms with van der Waals surface area (Å²) in [6.45, 7) is 0. The zero-order chi connectivity index (χ0) is 19.7. The number of hydrogen-bond acceptors (Lipinski definition) is 4. The average Bonchev–Trinajstić information content (AvgIpc) is 2.77. The van der Waals surface area contributed by atoms with Crippen LogP contribution in [0.1, 0.15) is 11.4 Å². The topological polar surface area (TPSA) is 42.9 Å². The van der Waals surface area contributed by atoms with Crippen LogP contribution >= 0.6 is 6.04 Å². The molecule has 0 N–H and O–H groups in total. The van der Waals surface area contributed by atoms with Gasteiger partial charge in [-0.25, -0.2) is 0 Å². The summed E-state index contributed by atoms with van der Waals surface area (Å²) in [6.07, 6.45) is 8.20. The van der Waals surface area contributed by atoms with E-state index >= 15 is 0 Å². The zero-order valence-corrected chi connectivity index (χ0v) is 18.3. The lowest BCUT2D eigenvalue weighted by molar-refractivity contribution is 0.684. The first-order valence-electron chi connectivity index (χ1n) is 9.45. The summed E-state index contributed by atoms with van der Waals surface area (Å²) in [7, 11) is -0.996. The van der Waals surface area contributed by atoms with Gasteiger partial charge in [0.1, 0.15) is 0 Å². The molecule has 0 aliphatic rings. The standard InChI is InChI=1S/C22H25N2OPS2/c25-28(22-10-2-1-3-11-22)19-18-26(27,16-12-20-8-4-6-14-23-20)17-13-21-9-5-7-15-24-21/h1-11,14-15H,12-13,16-19H2. The summed E-state index contributed by atoms with van der Waals surface area (Å²) in [5, 5.41) is 0. The minimum absolute atomic E-state index is 0.631. The predicted octanol–water partition coefficient (Wildman–Crippen LogP) is 4.55. The molecule has 3 aromatic rings. The number of hydrogen-bond donors (Lipinski definition) is 0. The van der Waals surface area contributed by atoms with Crippen molar-refractivity contribution < 1.29 is 4.21 Å². The van der Waals surface area contributed by atoms with Crippen LogP contribution in [0.2, 0.25) is 0 Å². The quantitative estimate of drug-likeness (QED) is 0.445. The number of aryl methyl sites for hydroxylation is 2. The normalized spacial score (nSPS) is 12.6. The lowest BCUT2D eigenvalue weighted by atomic mass is 10.3. The molecular formula is C22H25N2OPS2. The van der Waals surface area contributed by atoms with Gasteiger partial charge in [0.25, 0.3) is 0 Å². The fraction of sp³-hybridized carbons (Fsp3) is 0.273. The Balaban J connectivity index is 1.65. The predicted molar refractivity (Wildman–Crippen MR) is 122 cm³/mol. The van der Waals surface area contributed by atoms with Gasteiger partial charge >= 0.3 is 0 Å². The maximum Gasteiger partial charge on any atom is 0.0533 e. The molecule has 6 heteroatoms. The smallest absolute Gasteiger partial charge is 0.0533 e. The lowest BCUT2D eigenvalue weighted by Crippen LogP contribution is -2.11. The summed E-state index contributed by atoms with van der Waals surface area (Å²) in [5.41, 5.74) is 2.16. The van der Waals surface area contributed by atoms with Crippen LogP contribution in [0, 0.1) is 0 Å². The van der Waals surface area contributed by atoms with Crippen molar-refractivity contribution in [3.05, 3.63) is 90.5 Å². The van der Waals surface area contributed by atoms with E-state index in [9.17, 15) is 4.21 Å². The molecule has 2 aromatic heterocycles. The highest BCUT2D eigenvalue weighted by atomic mass is 32.4. The Kier molecular flexibility index (Phi) is 8.08. The highest BCUT2D eigenvalue weighted by molar-refractivity contribution is 8.14. The third-order valence-electron chi connectivity index (χ3n) is 4.69. The monoisotopic (exact) mass is 428 g/mol. The van der Waals surface area contributed by atoms with E-state index in [2.05, 4.69) is 22.1 Å². The molecule has 0 saturated heterocycles. The molecule has 0 aliphatic heterocycles. The molecule has 0 spiro atoms. The third-order valence-corrected chi connectivity index (χ3v) is 11.1. The first-order valence-corrected chi connectivity index (χ1v) is 14.1. The molecule has 3 nitrogen and oxygen atoms in total. The van der Waals surface area contributed by atoms with Crippen LogP contribution in [-0.2, 0) is 35.4 Å². The summed E-state index contributed by atoms with van der Waals surface area (Å²) in [6, 6.07) is 20.0. The Morgan fingerprint density at radius 1 is 0.750 bits per heavy atom. The molecule has 1 unspecified atom stereocenters. The van der Waals surface area contributed by atoms with Crippen LogP contribution in [0.5, 0.6) is 0 Å². The van der Waals surface area contributed by atoms with Crippen LogP contribution < -0.4 is 0 Å². The molecule has 0 aliphatic carbocycles. The number of aromatic nitrogens is 2. The maximum absolute atomic E-state index is 12.7. The van der Waals surface area contributed by atoms with Gasteiger partial charge in [-0.3, -0.25) is 14.2 Å². The van der Waals surface area contributed by atoms with Gasteiger partial charge in [0.05, 0.1) is 10.8 Å². The summed E-state index contributed by atoms with van der Waals surface area (Å²) < 4.78 is 12.7. The van der Waals surface area contributed by atoms with Crippen molar-refractivity contribution in [1.82, 2.24) is 9.97 Å². The first kappa shape index (κ1) is 21.0. The number of nitrogens with zero attached hydrogens (tertiary/aromatic N) is 2. The van der Waals surface area contributed by atoms with Crippen molar-refractivity contribution in [3.8, 4) is 0 Å². The highest BCUT2D eigenvalue weighted by Crippen LogP contribution is 2.47. The molecule has 0 radical (unpaired) electrons.